The summed E-state index contributed by atoms with van der Waals surface area (Å²) in [6.45, 7) is 4.13. The summed E-state index contributed by atoms with van der Waals surface area (Å²) in [5.41, 5.74) is 4.98. The van der Waals surface area contributed by atoms with E-state index in [1.165, 1.54) is 11.1 Å². The van der Waals surface area contributed by atoms with Gasteiger partial charge >= 0.3 is 0 Å². The number of pyridine rings is 1. The summed E-state index contributed by atoms with van der Waals surface area (Å²) in [7, 11) is 0. The van der Waals surface area contributed by atoms with Crippen molar-refractivity contribution in [3.63, 3.8) is 0 Å². The zero-order chi connectivity index (χ0) is 12.7. The van der Waals surface area contributed by atoms with Crippen LogP contribution in [-0.4, -0.2) is 14.5 Å². The van der Waals surface area contributed by atoms with Crippen molar-refractivity contribution in [2.24, 2.45) is 0 Å². The van der Waals surface area contributed by atoms with Gasteiger partial charge < -0.3 is 9.51 Å². The maximum absolute atomic E-state index is 9.77. The van der Waals surface area contributed by atoms with E-state index in [4.69, 9.17) is 0 Å². The molecule has 1 N–H and O–H groups in total. The van der Waals surface area contributed by atoms with E-state index in [1.807, 2.05) is 16.8 Å². The predicted molar refractivity (Wildman–Crippen MR) is 71.8 cm³/mol. The monoisotopic (exact) mass is 238 g/mol. The summed E-state index contributed by atoms with van der Waals surface area (Å²) < 4.78 is 1.84. The number of hydrogen-bond donors (Lipinski definition) is 1. The second-order valence-corrected chi connectivity index (χ2v) is 4.57. The van der Waals surface area contributed by atoms with Gasteiger partial charge in [-0.05, 0) is 37.6 Å². The highest BCUT2D eigenvalue weighted by Gasteiger charge is 2.09. The maximum Gasteiger partial charge on any atom is 0.180 e. The van der Waals surface area contributed by atoms with Crippen LogP contribution in [0.25, 0.3) is 16.9 Å². The van der Waals surface area contributed by atoms with Gasteiger partial charge in [-0.15, -0.1) is 0 Å². The number of rotatable bonds is 1. The van der Waals surface area contributed by atoms with E-state index < -0.39 is 0 Å². The number of aromatic hydroxyl groups is 1. The van der Waals surface area contributed by atoms with Crippen LogP contribution in [0.5, 0.6) is 5.75 Å². The Morgan fingerprint density at radius 1 is 1.17 bits per heavy atom. The molecular weight excluding hydrogens is 224 g/mol. The van der Waals surface area contributed by atoms with Crippen molar-refractivity contribution in [1.29, 1.82) is 0 Å². The van der Waals surface area contributed by atoms with Crippen molar-refractivity contribution in [3.8, 4) is 17.0 Å². The number of aryl methyl sites for hydroxylation is 2. The van der Waals surface area contributed by atoms with Crippen molar-refractivity contribution in [2.45, 2.75) is 13.8 Å². The lowest BCUT2D eigenvalue weighted by Gasteiger charge is -2.03. The molecule has 0 aliphatic carbocycles. The largest absolute Gasteiger partial charge is 0.504 e. The Bertz CT molecular complexity index is 728. The van der Waals surface area contributed by atoms with Crippen LogP contribution in [0.2, 0.25) is 0 Å². The van der Waals surface area contributed by atoms with E-state index in [2.05, 4.69) is 37.0 Å². The molecule has 3 heteroatoms. The quantitative estimate of drug-likeness (QED) is 0.706. The highest BCUT2D eigenvalue weighted by molar-refractivity contribution is 5.68. The van der Waals surface area contributed by atoms with Gasteiger partial charge in [0.1, 0.15) is 0 Å². The molecule has 3 aromatic rings. The van der Waals surface area contributed by atoms with Crippen molar-refractivity contribution in [1.82, 2.24) is 9.38 Å². The second-order valence-electron chi connectivity index (χ2n) is 4.57. The minimum absolute atomic E-state index is 0.203. The summed E-state index contributed by atoms with van der Waals surface area (Å²) in [4.78, 5) is 4.50. The molecule has 0 saturated carbocycles. The Balaban J connectivity index is 2.26. The van der Waals surface area contributed by atoms with E-state index in [-0.39, 0.29) is 5.75 Å². The summed E-state index contributed by atoms with van der Waals surface area (Å²) in [5.74, 6) is 0.203. The van der Waals surface area contributed by atoms with Gasteiger partial charge in [-0.25, -0.2) is 4.98 Å². The molecule has 2 heterocycles. The molecular formula is C15H14N2O. The number of imidazole rings is 1. The Kier molecular flexibility index (Phi) is 2.33. The van der Waals surface area contributed by atoms with Gasteiger partial charge in [-0.3, -0.25) is 0 Å². The van der Waals surface area contributed by atoms with Gasteiger partial charge in [0.05, 0.1) is 5.69 Å². The van der Waals surface area contributed by atoms with Crippen LogP contribution in [0.1, 0.15) is 11.1 Å². The lowest BCUT2D eigenvalue weighted by molar-refractivity contribution is 0.477. The van der Waals surface area contributed by atoms with Gasteiger partial charge in [-0.1, -0.05) is 17.7 Å². The fourth-order valence-corrected chi connectivity index (χ4v) is 2.14. The molecule has 3 rings (SSSR count). The summed E-state index contributed by atoms with van der Waals surface area (Å²) in [6.07, 6.45) is 3.83. The van der Waals surface area contributed by atoms with Gasteiger partial charge in [0.2, 0.25) is 0 Å². The Morgan fingerprint density at radius 3 is 2.78 bits per heavy atom. The van der Waals surface area contributed by atoms with Crippen LogP contribution < -0.4 is 0 Å². The third-order valence-electron chi connectivity index (χ3n) is 3.13. The fourth-order valence-electron chi connectivity index (χ4n) is 2.14. The van der Waals surface area contributed by atoms with Crippen molar-refractivity contribution >= 4 is 5.65 Å². The smallest absolute Gasteiger partial charge is 0.180 e. The van der Waals surface area contributed by atoms with E-state index >= 15 is 0 Å². The molecule has 0 aliphatic heterocycles. The zero-order valence-electron chi connectivity index (χ0n) is 10.4. The molecule has 18 heavy (non-hydrogen) atoms. The highest BCUT2D eigenvalue weighted by atomic mass is 16.3. The Labute approximate surface area is 105 Å². The van der Waals surface area contributed by atoms with Gasteiger partial charge in [0, 0.05) is 18.0 Å². The van der Waals surface area contributed by atoms with Gasteiger partial charge in [0.25, 0.3) is 0 Å². The molecule has 0 aliphatic rings. The average Bonchev–Trinajstić information content (AvgIpc) is 2.77. The normalized spacial score (nSPS) is 11.0. The first-order valence-electron chi connectivity index (χ1n) is 5.89. The molecule has 0 radical (unpaired) electrons. The zero-order valence-corrected chi connectivity index (χ0v) is 10.4. The Hall–Kier alpha value is -2.29. The molecule has 0 bridgehead atoms. The van der Waals surface area contributed by atoms with E-state index in [0.717, 1.165) is 11.3 Å². The molecule has 0 fully saturated rings. The van der Waals surface area contributed by atoms with Crippen LogP contribution in [0, 0.1) is 13.8 Å². The molecule has 1 aromatic carbocycles. The second kappa shape index (κ2) is 3.88. The topological polar surface area (TPSA) is 37.5 Å². The van der Waals surface area contributed by atoms with Crippen LogP contribution in [-0.2, 0) is 0 Å². The van der Waals surface area contributed by atoms with Crippen LogP contribution in [0.4, 0.5) is 0 Å². The van der Waals surface area contributed by atoms with Crippen molar-refractivity contribution in [2.75, 3.05) is 0 Å². The molecule has 0 unspecified atom stereocenters. The number of aromatic nitrogens is 2. The molecule has 0 saturated heterocycles. The summed E-state index contributed by atoms with van der Waals surface area (Å²) >= 11 is 0. The SMILES string of the molecule is Cc1ccc(C)c(-c2cn3cccc(O)c3n2)c1. The molecule has 0 spiro atoms. The third-order valence-corrected chi connectivity index (χ3v) is 3.13. The number of nitrogens with zero attached hydrogens (tertiary/aromatic N) is 2. The van der Waals surface area contributed by atoms with Crippen LogP contribution in [0.15, 0.2) is 42.7 Å². The minimum atomic E-state index is 0.203. The molecule has 90 valence electrons. The maximum atomic E-state index is 9.77. The highest BCUT2D eigenvalue weighted by Crippen LogP contribution is 2.26. The average molecular weight is 238 g/mol. The Morgan fingerprint density at radius 2 is 2.00 bits per heavy atom. The molecule has 3 nitrogen and oxygen atoms in total. The first kappa shape index (κ1) is 10.8. The standard InChI is InChI=1S/C15H14N2O/c1-10-5-6-11(2)12(8-10)13-9-17-7-3-4-14(18)15(17)16-13/h3-9,18H,1-2H3. The predicted octanol–water partition coefficient (Wildman–Crippen LogP) is 3.32. The van der Waals surface area contributed by atoms with E-state index in [1.54, 1.807) is 12.1 Å². The van der Waals surface area contributed by atoms with Gasteiger partial charge in [0.15, 0.2) is 11.4 Å². The minimum Gasteiger partial charge on any atom is -0.504 e. The van der Waals surface area contributed by atoms with Gasteiger partial charge in [-0.2, -0.15) is 0 Å². The van der Waals surface area contributed by atoms with Crippen LogP contribution >= 0.6 is 0 Å². The third kappa shape index (κ3) is 1.64. The lowest BCUT2D eigenvalue weighted by Crippen LogP contribution is -1.84. The number of fused-ring (bicyclic) bond motifs is 1. The number of benzene rings is 1. The molecule has 2 aromatic heterocycles. The van der Waals surface area contributed by atoms with Crippen molar-refractivity contribution in [3.05, 3.63) is 53.9 Å². The summed E-state index contributed by atoms with van der Waals surface area (Å²) in [5, 5.41) is 9.77. The van der Waals surface area contributed by atoms with Crippen molar-refractivity contribution < 1.29 is 5.11 Å². The first-order chi connectivity index (χ1) is 8.65. The van der Waals surface area contributed by atoms with Crippen LogP contribution in [0.3, 0.4) is 0 Å². The fraction of sp³-hybridized carbons (Fsp3) is 0.133. The van der Waals surface area contributed by atoms with E-state index in [0.29, 0.717) is 5.65 Å². The molecule has 0 amide bonds. The number of hydrogen-bond acceptors (Lipinski definition) is 2. The molecule has 0 atom stereocenters. The summed E-state index contributed by atoms with van der Waals surface area (Å²) in [6, 6.07) is 9.75. The lowest BCUT2D eigenvalue weighted by atomic mass is 10.0. The van der Waals surface area contributed by atoms with E-state index in [9.17, 15) is 5.11 Å². The first-order valence-corrected chi connectivity index (χ1v) is 5.89.